The number of hydrogen-bond donors (Lipinski definition) is 4. The molecule has 0 fully saturated rings. The molecule has 0 saturated carbocycles. The number of aromatic nitrogens is 3. The van der Waals surface area contributed by atoms with Gasteiger partial charge < -0.3 is 15.6 Å². The Morgan fingerprint density at radius 2 is 2.00 bits per heavy atom. The van der Waals surface area contributed by atoms with Crippen molar-refractivity contribution in [2.45, 2.75) is 11.4 Å². The lowest BCUT2D eigenvalue weighted by Crippen LogP contribution is -2.03. The third-order valence-electron chi connectivity index (χ3n) is 3.80. The van der Waals surface area contributed by atoms with Crippen molar-refractivity contribution in [2.75, 3.05) is 12.4 Å². The Labute approximate surface area is 168 Å². The molecular formula is C20H20ClN5S. The smallest absolute Gasteiger partial charge is 0.149 e. The molecule has 3 N–H and O–H groups in total. The largest absolute Gasteiger partial charge is 0.361 e. The van der Waals surface area contributed by atoms with E-state index in [0.717, 1.165) is 22.6 Å². The van der Waals surface area contributed by atoms with Crippen LogP contribution in [0.25, 0.3) is 10.9 Å². The van der Waals surface area contributed by atoms with Crippen LogP contribution in [0.2, 0.25) is 5.02 Å². The number of nitrogens with one attached hydrogen (secondary N) is 3. The Bertz CT molecular complexity index is 1000. The highest BCUT2D eigenvalue weighted by Gasteiger charge is 2.05. The molecule has 3 heterocycles. The molecule has 0 radical (unpaired) electrons. The third kappa shape index (κ3) is 5.23. The molecule has 0 amide bonds. The molecule has 4 aromatic rings. The van der Waals surface area contributed by atoms with Crippen molar-refractivity contribution in [3.63, 3.8) is 0 Å². The molecule has 0 aliphatic rings. The summed E-state index contributed by atoms with van der Waals surface area (Å²) in [5, 5.41) is 8.21. The van der Waals surface area contributed by atoms with Crippen molar-refractivity contribution in [1.82, 2.24) is 20.3 Å². The molecule has 138 valence electrons. The zero-order chi connectivity index (χ0) is 19.1. The molecule has 0 atom stereocenters. The molecule has 0 aliphatic carbocycles. The van der Waals surface area contributed by atoms with E-state index in [0.29, 0.717) is 10.8 Å². The van der Waals surface area contributed by atoms with Crippen LogP contribution in [-0.4, -0.2) is 22.0 Å². The highest BCUT2D eigenvalue weighted by Crippen LogP contribution is 2.26. The van der Waals surface area contributed by atoms with E-state index >= 15 is 0 Å². The summed E-state index contributed by atoms with van der Waals surface area (Å²) in [7, 11) is 1.94. The summed E-state index contributed by atoms with van der Waals surface area (Å²) >= 11 is 10.1. The maximum atomic E-state index is 6.10. The Hall–Kier alpha value is -2.54. The van der Waals surface area contributed by atoms with Gasteiger partial charge in [-0.05, 0) is 49.0 Å². The minimum atomic E-state index is 0.606. The molecule has 4 rings (SSSR count). The number of nitrogens with zero attached hydrogens (tertiary/aromatic N) is 2. The lowest BCUT2D eigenvalue weighted by atomic mass is 10.1. The molecule has 27 heavy (non-hydrogen) atoms. The van der Waals surface area contributed by atoms with Gasteiger partial charge in [0, 0.05) is 52.8 Å². The van der Waals surface area contributed by atoms with Gasteiger partial charge in [0.2, 0.25) is 0 Å². The standard InChI is InChI=1S/C15H15ClN4.C5H5NS/c1-17-8-10-9-19-14-7-11(4-5-12(10)14)20-15-13(16)3-2-6-18-15;7-5-2-1-3-6-4-5/h2-7,9,17,19H,8H2,1H3,(H,18,20);1-4,7H. The Morgan fingerprint density at radius 1 is 1.15 bits per heavy atom. The summed E-state index contributed by atoms with van der Waals surface area (Å²) < 4.78 is 0. The molecule has 5 nitrogen and oxygen atoms in total. The van der Waals surface area contributed by atoms with Gasteiger partial charge in [-0.1, -0.05) is 17.7 Å². The van der Waals surface area contributed by atoms with Gasteiger partial charge in [0.05, 0.1) is 5.02 Å². The van der Waals surface area contributed by atoms with Crippen LogP contribution in [0.1, 0.15) is 5.56 Å². The van der Waals surface area contributed by atoms with E-state index in [-0.39, 0.29) is 0 Å². The number of halogens is 1. The SMILES string of the molecule is CNCc1c[nH]c2cc(Nc3ncccc3Cl)ccc12.Sc1cccnc1. The Morgan fingerprint density at radius 3 is 2.67 bits per heavy atom. The fraction of sp³-hybridized carbons (Fsp3) is 0.100. The van der Waals surface area contributed by atoms with Crippen LogP contribution in [0.15, 0.2) is 72.1 Å². The first-order valence-corrected chi connectivity index (χ1v) is 9.21. The Balaban J connectivity index is 0.000000253. The third-order valence-corrected chi connectivity index (χ3v) is 4.37. The predicted octanol–water partition coefficient (Wildman–Crippen LogP) is 5.05. The zero-order valence-corrected chi connectivity index (χ0v) is 16.4. The summed E-state index contributed by atoms with van der Waals surface area (Å²) in [4.78, 5) is 12.2. The van der Waals surface area contributed by atoms with Crippen LogP contribution in [0.3, 0.4) is 0 Å². The zero-order valence-electron chi connectivity index (χ0n) is 14.8. The summed E-state index contributed by atoms with van der Waals surface area (Å²) in [6.45, 7) is 0.846. The average molecular weight is 398 g/mol. The number of anilines is 2. The summed E-state index contributed by atoms with van der Waals surface area (Å²) in [5.41, 5.74) is 3.30. The molecule has 1 aromatic carbocycles. The lowest BCUT2D eigenvalue weighted by molar-refractivity contribution is 0.823. The maximum absolute atomic E-state index is 6.10. The monoisotopic (exact) mass is 397 g/mol. The van der Waals surface area contributed by atoms with Crippen LogP contribution in [0.5, 0.6) is 0 Å². The van der Waals surface area contributed by atoms with Gasteiger partial charge in [-0.15, -0.1) is 12.6 Å². The molecule has 0 bridgehead atoms. The van der Waals surface area contributed by atoms with E-state index < -0.39 is 0 Å². The molecule has 7 heteroatoms. The second-order valence-electron chi connectivity index (χ2n) is 5.77. The van der Waals surface area contributed by atoms with E-state index in [4.69, 9.17) is 11.6 Å². The van der Waals surface area contributed by atoms with E-state index in [2.05, 4.69) is 50.3 Å². The van der Waals surface area contributed by atoms with Gasteiger partial charge in [0.1, 0.15) is 5.82 Å². The second kappa shape index (κ2) is 9.41. The maximum Gasteiger partial charge on any atom is 0.149 e. The van der Waals surface area contributed by atoms with Crippen molar-refractivity contribution in [3.05, 3.63) is 77.8 Å². The van der Waals surface area contributed by atoms with Gasteiger partial charge in [0.15, 0.2) is 0 Å². The van der Waals surface area contributed by atoms with Crippen LogP contribution in [-0.2, 0) is 6.54 Å². The highest BCUT2D eigenvalue weighted by molar-refractivity contribution is 7.80. The van der Waals surface area contributed by atoms with Crippen molar-refractivity contribution in [3.8, 4) is 0 Å². The first-order valence-electron chi connectivity index (χ1n) is 8.38. The molecular weight excluding hydrogens is 378 g/mol. The molecule has 0 aliphatic heterocycles. The van der Waals surface area contributed by atoms with Gasteiger partial charge in [0.25, 0.3) is 0 Å². The van der Waals surface area contributed by atoms with E-state index in [1.165, 1.54) is 10.9 Å². The van der Waals surface area contributed by atoms with E-state index in [1.54, 1.807) is 18.6 Å². The number of aromatic amines is 1. The minimum Gasteiger partial charge on any atom is -0.361 e. The van der Waals surface area contributed by atoms with Crippen LogP contribution < -0.4 is 10.6 Å². The van der Waals surface area contributed by atoms with Crippen molar-refractivity contribution < 1.29 is 0 Å². The number of H-pyrrole nitrogens is 1. The van der Waals surface area contributed by atoms with E-state index in [9.17, 15) is 0 Å². The number of rotatable bonds is 4. The first kappa shape index (κ1) is 19.2. The summed E-state index contributed by atoms with van der Waals surface area (Å²) in [6.07, 6.45) is 7.16. The highest BCUT2D eigenvalue weighted by atomic mass is 35.5. The van der Waals surface area contributed by atoms with Crippen molar-refractivity contribution >= 4 is 46.6 Å². The van der Waals surface area contributed by atoms with Crippen LogP contribution in [0.4, 0.5) is 11.5 Å². The number of benzene rings is 1. The van der Waals surface area contributed by atoms with Gasteiger partial charge in [-0.2, -0.15) is 0 Å². The average Bonchev–Trinajstić information content (AvgIpc) is 3.07. The topological polar surface area (TPSA) is 65.6 Å². The number of pyridine rings is 2. The Kier molecular flexibility index (Phi) is 6.70. The number of fused-ring (bicyclic) bond motifs is 1. The molecule has 3 aromatic heterocycles. The van der Waals surface area contributed by atoms with Gasteiger partial charge in [-0.3, -0.25) is 4.98 Å². The summed E-state index contributed by atoms with van der Waals surface area (Å²) in [6, 6.07) is 13.5. The number of thiol groups is 1. The first-order chi connectivity index (χ1) is 13.2. The molecule has 0 unspecified atom stereocenters. The number of hydrogen-bond acceptors (Lipinski definition) is 5. The minimum absolute atomic E-state index is 0.606. The van der Waals surface area contributed by atoms with Crippen molar-refractivity contribution in [1.29, 1.82) is 0 Å². The van der Waals surface area contributed by atoms with Crippen LogP contribution in [0, 0.1) is 0 Å². The molecule has 0 saturated heterocycles. The van der Waals surface area contributed by atoms with Crippen LogP contribution >= 0.6 is 24.2 Å². The van der Waals surface area contributed by atoms with E-state index in [1.807, 2.05) is 43.6 Å². The fourth-order valence-corrected chi connectivity index (χ4v) is 2.89. The quantitative estimate of drug-likeness (QED) is 0.364. The van der Waals surface area contributed by atoms with Crippen molar-refractivity contribution in [2.24, 2.45) is 0 Å². The lowest BCUT2D eigenvalue weighted by Gasteiger charge is -2.07. The normalized spacial score (nSPS) is 10.3. The molecule has 0 spiro atoms. The second-order valence-corrected chi connectivity index (χ2v) is 6.70. The van der Waals surface area contributed by atoms with Gasteiger partial charge in [-0.25, -0.2) is 4.98 Å². The van der Waals surface area contributed by atoms with Gasteiger partial charge >= 0.3 is 0 Å². The predicted molar refractivity (Wildman–Crippen MR) is 115 cm³/mol. The fourth-order valence-electron chi connectivity index (χ4n) is 2.57. The summed E-state index contributed by atoms with van der Waals surface area (Å²) in [5.74, 6) is 0.663.